The Hall–Kier alpha value is -3.50. The molecule has 3 heterocycles. The summed E-state index contributed by atoms with van der Waals surface area (Å²) in [6, 6.07) is 20.1. The van der Waals surface area contributed by atoms with Crippen LogP contribution in [0.2, 0.25) is 5.02 Å². The van der Waals surface area contributed by atoms with Crippen molar-refractivity contribution in [2.24, 2.45) is 4.99 Å². The van der Waals surface area contributed by atoms with Gasteiger partial charge in [-0.2, -0.15) is 0 Å². The van der Waals surface area contributed by atoms with Gasteiger partial charge in [-0.1, -0.05) is 41.9 Å². The number of hydrogen-bond acceptors (Lipinski definition) is 2. The zero-order chi connectivity index (χ0) is 20.5. The van der Waals surface area contributed by atoms with Crippen molar-refractivity contribution in [3.05, 3.63) is 94.8 Å². The van der Waals surface area contributed by atoms with Crippen molar-refractivity contribution in [2.45, 2.75) is 13.5 Å². The lowest BCUT2D eigenvalue weighted by Gasteiger charge is -2.05. The van der Waals surface area contributed by atoms with Crippen LogP contribution in [-0.4, -0.2) is 15.7 Å². The van der Waals surface area contributed by atoms with Gasteiger partial charge in [0, 0.05) is 27.7 Å². The largest absolute Gasteiger partial charge is 0.487 e. The Balaban J connectivity index is 1.52. The van der Waals surface area contributed by atoms with Crippen LogP contribution in [-0.2, 0) is 6.61 Å². The summed E-state index contributed by atoms with van der Waals surface area (Å²) in [5.41, 5.74) is 6.85. The van der Waals surface area contributed by atoms with E-state index in [1.54, 1.807) is 0 Å². The van der Waals surface area contributed by atoms with E-state index in [-0.39, 0.29) is 0 Å². The van der Waals surface area contributed by atoms with Crippen molar-refractivity contribution in [3.8, 4) is 17.1 Å². The van der Waals surface area contributed by atoms with Crippen LogP contribution >= 0.6 is 11.6 Å². The maximum Gasteiger partial charge on any atom is 0.145 e. The van der Waals surface area contributed by atoms with Crippen molar-refractivity contribution in [1.29, 1.82) is 0 Å². The summed E-state index contributed by atoms with van der Waals surface area (Å²) >= 11 is 6.14. The van der Waals surface area contributed by atoms with E-state index in [0.717, 1.165) is 55.7 Å². The smallest absolute Gasteiger partial charge is 0.145 e. The standard InChI is InChI=1S/C25H20ClN3O/c1-16-7-9-20(27-16)13-24-25(30-15-17-5-3-2-4-6-17)14-23(29-24)22-12-18-11-19(26)8-10-21(18)28-22/h2-14,28-29H,15H2,1H3. The van der Waals surface area contributed by atoms with E-state index >= 15 is 0 Å². The highest BCUT2D eigenvalue weighted by Crippen LogP contribution is 2.32. The number of ether oxygens (including phenoxy) is 1. The number of rotatable bonds is 5. The van der Waals surface area contributed by atoms with Crippen LogP contribution < -0.4 is 4.74 Å². The van der Waals surface area contributed by atoms with Gasteiger partial charge in [-0.3, -0.25) is 4.99 Å². The molecule has 1 aliphatic rings. The number of halogens is 1. The van der Waals surface area contributed by atoms with E-state index in [1.807, 2.05) is 67.6 Å². The number of benzene rings is 2. The van der Waals surface area contributed by atoms with Gasteiger partial charge in [-0.15, -0.1) is 0 Å². The first-order valence-electron chi connectivity index (χ1n) is 9.77. The molecule has 0 atom stereocenters. The zero-order valence-electron chi connectivity index (χ0n) is 16.4. The van der Waals surface area contributed by atoms with Gasteiger partial charge < -0.3 is 14.7 Å². The number of hydrogen-bond donors (Lipinski definition) is 2. The third kappa shape index (κ3) is 3.82. The summed E-state index contributed by atoms with van der Waals surface area (Å²) < 4.78 is 6.17. The summed E-state index contributed by atoms with van der Waals surface area (Å²) in [5.74, 6) is 0.784. The Morgan fingerprint density at radius 2 is 1.80 bits per heavy atom. The zero-order valence-corrected chi connectivity index (χ0v) is 17.2. The topological polar surface area (TPSA) is 53.2 Å². The number of allylic oxidation sites excluding steroid dienone is 2. The van der Waals surface area contributed by atoms with Crippen LogP contribution in [0.5, 0.6) is 5.75 Å². The minimum atomic E-state index is 0.495. The number of H-pyrrole nitrogens is 2. The highest BCUT2D eigenvalue weighted by molar-refractivity contribution is 6.31. The second-order valence-corrected chi connectivity index (χ2v) is 7.74. The van der Waals surface area contributed by atoms with Gasteiger partial charge in [0.15, 0.2) is 0 Å². The molecule has 0 unspecified atom stereocenters. The average molecular weight is 414 g/mol. The lowest BCUT2D eigenvalue weighted by molar-refractivity contribution is 0.306. The first-order chi connectivity index (χ1) is 14.6. The van der Waals surface area contributed by atoms with E-state index in [2.05, 4.69) is 33.2 Å². The Labute approximate surface area is 179 Å². The molecule has 0 bridgehead atoms. The van der Waals surface area contributed by atoms with Gasteiger partial charge in [-0.25, -0.2) is 0 Å². The predicted molar refractivity (Wildman–Crippen MR) is 124 cm³/mol. The molecule has 0 radical (unpaired) electrons. The molecule has 0 aliphatic carbocycles. The van der Waals surface area contributed by atoms with Crippen LogP contribution in [0, 0.1) is 0 Å². The van der Waals surface area contributed by atoms with Gasteiger partial charge in [0.25, 0.3) is 0 Å². The van der Waals surface area contributed by atoms with E-state index < -0.39 is 0 Å². The predicted octanol–water partition coefficient (Wildman–Crippen LogP) is 6.77. The van der Waals surface area contributed by atoms with Crippen LogP contribution in [0.3, 0.4) is 0 Å². The van der Waals surface area contributed by atoms with Gasteiger partial charge >= 0.3 is 0 Å². The SMILES string of the molecule is CC1=NC(=Cc2[nH]c(-c3cc4cc(Cl)ccc4[nH]3)cc2OCc2ccccc2)C=C1. The second-order valence-electron chi connectivity index (χ2n) is 7.31. The molecular weight excluding hydrogens is 394 g/mol. The Morgan fingerprint density at radius 1 is 0.967 bits per heavy atom. The van der Waals surface area contributed by atoms with Crippen molar-refractivity contribution >= 4 is 34.3 Å². The van der Waals surface area contributed by atoms with Crippen LogP contribution in [0.25, 0.3) is 28.4 Å². The lowest BCUT2D eigenvalue weighted by atomic mass is 10.2. The fraction of sp³-hybridized carbons (Fsp3) is 0.0800. The number of nitrogens with zero attached hydrogens (tertiary/aromatic N) is 1. The van der Waals surface area contributed by atoms with Crippen LogP contribution in [0.1, 0.15) is 18.2 Å². The van der Waals surface area contributed by atoms with E-state index in [4.69, 9.17) is 16.3 Å². The van der Waals surface area contributed by atoms with Crippen LogP contribution in [0.4, 0.5) is 0 Å². The van der Waals surface area contributed by atoms with Gasteiger partial charge in [0.05, 0.1) is 22.8 Å². The molecule has 0 amide bonds. The molecular formula is C25H20ClN3O. The second kappa shape index (κ2) is 7.73. The summed E-state index contributed by atoms with van der Waals surface area (Å²) in [5, 5.41) is 1.79. The molecule has 4 aromatic rings. The molecule has 148 valence electrons. The van der Waals surface area contributed by atoms with Crippen molar-refractivity contribution in [2.75, 3.05) is 0 Å². The monoisotopic (exact) mass is 413 g/mol. The molecule has 30 heavy (non-hydrogen) atoms. The van der Waals surface area contributed by atoms with Gasteiger partial charge in [-0.05, 0) is 55.0 Å². The third-order valence-corrected chi connectivity index (χ3v) is 5.25. The molecule has 5 rings (SSSR count). The summed E-state index contributed by atoms with van der Waals surface area (Å²) in [7, 11) is 0. The first-order valence-corrected chi connectivity index (χ1v) is 10.2. The minimum absolute atomic E-state index is 0.495. The molecule has 1 aliphatic heterocycles. The fourth-order valence-electron chi connectivity index (χ4n) is 3.52. The maximum atomic E-state index is 6.17. The number of aromatic amines is 2. The average Bonchev–Trinajstić information content (AvgIpc) is 3.45. The molecule has 0 saturated heterocycles. The molecule has 0 spiro atoms. The van der Waals surface area contributed by atoms with E-state index in [0.29, 0.717) is 6.61 Å². The molecule has 2 aromatic heterocycles. The third-order valence-electron chi connectivity index (χ3n) is 5.01. The van der Waals surface area contributed by atoms with Crippen molar-refractivity contribution < 1.29 is 4.74 Å². The quantitative estimate of drug-likeness (QED) is 0.372. The normalized spacial score (nSPS) is 14.6. The van der Waals surface area contributed by atoms with E-state index in [9.17, 15) is 0 Å². The van der Waals surface area contributed by atoms with Crippen molar-refractivity contribution in [1.82, 2.24) is 9.97 Å². The highest BCUT2D eigenvalue weighted by atomic mass is 35.5. The Morgan fingerprint density at radius 3 is 2.60 bits per heavy atom. The van der Waals surface area contributed by atoms with Crippen LogP contribution in [0.15, 0.2) is 83.5 Å². The van der Waals surface area contributed by atoms with Crippen molar-refractivity contribution in [3.63, 3.8) is 0 Å². The molecule has 2 aromatic carbocycles. The Kier molecular flexibility index (Phi) is 4.77. The summed E-state index contributed by atoms with van der Waals surface area (Å²) in [6.07, 6.45) is 6.01. The molecule has 5 heteroatoms. The summed E-state index contributed by atoms with van der Waals surface area (Å²) in [6.45, 7) is 2.48. The highest BCUT2D eigenvalue weighted by Gasteiger charge is 2.13. The molecule has 2 N–H and O–H groups in total. The number of aromatic nitrogens is 2. The van der Waals surface area contributed by atoms with E-state index in [1.165, 1.54) is 0 Å². The molecule has 0 saturated carbocycles. The molecule has 4 nitrogen and oxygen atoms in total. The number of fused-ring (bicyclic) bond motifs is 1. The first kappa shape index (κ1) is 18.5. The summed E-state index contributed by atoms with van der Waals surface area (Å²) in [4.78, 5) is 11.5. The minimum Gasteiger partial charge on any atom is -0.487 e. The fourth-order valence-corrected chi connectivity index (χ4v) is 3.70. The number of nitrogens with one attached hydrogen (secondary N) is 2. The maximum absolute atomic E-state index is 6.17. The van der Waals surface area contributed by atoms with Gasteiger partial charge in [0.1, 0.15) is 12.4 Å². The Bertz CT molecular complexity index is 1310. The van der Waals surface area contributed by atoms with Gasteiger partial charge in [0.2, 0.25) is 0 Å². The number of aliphatic imine (C=N–C) groups is 1. The lowest BCUT2D eigenvalue weighted by Crippen LogP contribution is -1.95. The molecule has 0 fully saturated rings.